The molecule has 1 amide bonds. The Bertz CT molecular complexity index is 988. The molecule has 1 aliphatic heterocycles. The molecule has 0 aromatic heterocycles. The number of rotatable bonds is 3. The third-order valence-electron chi connectivity index (χ3n) is 5.01. The molecule has 0 saturated heterocycles. The first-order valence-corrected chi connectivity index (χ1v) is 10.1. The van der Waals surface area contributed by atoms with Gasteiger partial charge in [0, 0.05) is 5.69 Å². The first kappa shape index (κ1) is 21.7. The molecule has 1 N–H and O–H groups in total. The standard InChI is InChI=1S/C24H29NO5/c1-14-12-18(25-23(27)30-24(3,4)5)15(2)21(22(26)28-6)20(14)17-9-10-19-16(13-17)8-7-11-29-19/h9-10,12-13H,7-8,11H2,1-6H3,(H,25,27). The predicted octanol–water partition coefficient (Wildman–Crippen LogP) is 5.43. The van der Waals surface area contributed by atoms with Crippen LogP contribution in [0.1, 0.15) is 54.2 Å². The van der Waals surface area contributed by atoms with Crippen LogP contribution < -0.4 is 10.1 Å². The fraction of sp³-hybridized carbons (Fsp3) is 0.417. The van der Waals surface area contributed by atoms with Crippen molar-refractivity contribution in [2.45, 2.75) is 53.1 Å². The molecule has 0 bridgehead atoms. The molecule has 0 aliphatic carbocycles. The quantitative estimate of drug-likeness (QED) is 0.682. The Balaban J connectivity index is 2.09. The molecule has 0 unspecified atom stereocenters. The summed E-state index contributed by atoms with van der Waals surface area (Å²) < 4.78 is 16.2. The second kappa shape index (κ2) is 8.38. The number of ether oxygens (including phenoxy) is 3. The highest BCUT2D eigenvalue weighted by Crippen LogP contribution is 2.37. The van der Waals surface area contributed by atoms with Gasteiger partial charge in [-0.25, -0.2) is 9.59 Å². The van der Waals surface area contributed by atoms with Gasteiger partial charge in [0.1, 0.15) is 11.4 Å². The monoisotopic (exact) mass is 411 g/mol. The molecular weight excluding hydrogens is 382 g/mol. The van der Waals surface area contributed by atoms with Crippen LogP contribution in [-0.4, -0.2) is 31.4 Å². The Kier molecular flexibility index (Phi) is 6.06. The number of amides is 1. The molecule has 1 aliphatic rings. The lowest BCUT2D eigenvalue weighted by atomic mass is 9.89. The number of fused-ring (bicyclic) bond motifs is 1. The van der Waals surface area contributed by atoms with Gasteiger partial charge in [0.05, 0.1) is 19.3 Å². The third kappa shape index (κ3) is 4.58. The van der Waals surface area contributed by atoms with Crippen molar-refractivity contribution in [3.63, 3.8) is 0 Å². The van der Waals surface area contributed by atoms with Crippen LogP contribution in [0.15, 0.2) is 24.3 Å². The Labute approximate surface area is 177 Å². The maximum absolute atomic E-state index is 12.7. The van der Waals surface area contributed by atoms with Gasteiger partial charge in [-0.1, -0.05) is 6.07 Å². The van der Waals surface area contributed by atoms with E-state index in [1.807, 2.05) is 25.1 Å². The van der Waals surface area contributed by atoms with Gasteiger partial charge in [0.2, 0.25) is 0 Å². The van der Waals surface area contributed by atoms with Gasteiger partial charge in [-0.15, -0.1) is 0 Å². The van der Waals surface area contributed by atoms with E-state index >= 15 is 0 Å². The number of methoxy groups -OCH3 is 1. The minimum atomic E-state index is -0.622. The summed E-state index contributed by atoms with van der Waals surface area (Å²) in [4.78, 5) is 25.0. The number of aryl methyl sites for hydroxylation is 2. The van der Waals surface area contributed by atoms with Gasteiger partial charge >= 0.3 is 12.1 Å². The SMILES string of the molecule is COC(=O)c1c(C)c(NC(=O)OC(C)(C)C)cc(C)c1-c1ccc2c(c1)CCCO2. The molecular formula is C24H29NO5. The average molecular weight is 411 g/mol. The summed E-state index contributed by atoms with van der Waals surface area (Å²) in [6.45, 7) is 9.83. The van der Waals surface area contributed by atoms with Crippen molar-refractivity contribution < 1.29 is 23.8 Å². The van der Waals surface area contributed by atoms with E-state index in [0.717, 1.165) is 47.5 Å². The second-order valence-corrected chi connectivity index (χ2v) is 8.51. The molecule has 2 aromatic carbocycles. The van der Waals surface area contributed by atoms with E-state index in [0.29, 0.717) is 16.8 Å². The lowest BCUT2D eigenvalue weighted by Gasteiger charge is -2.23. The van der Waals surface area contributed by atoms with Crippen molar-refractivity contribution in [3.8, 4) is 16.9 Å². The smallest absolute Gasteiger partial charge is 0.412 e. The van der Waals surface area contributed by atoms with E-state index in [1.54, 1.807) is 27.7 Å². The highest BCUT2D eigenvalue weighted by molar-refractivity contribution is 6.02. The highest BCUT2D eigenvalue weighted by Gasteiger charge is 2.24. The van der Waals surface area contributed by atoms with Crippen molar-refractivity contribution in [3.05, 3.63) is 46.5 Å². The van der Waals surface area contributed by atoms with Gasteiger partial charge < -0.3 is 14.2 Å². The van der Waals surface area contributed by atoms with Crippen LogP contribution in [0.2, 0.25) is 0 Å². The largest absolute Gasteiger partial charge is 0.493 e. The number of hydrogen-bond donors (Lipinski definition) is 1. The predicted molar refractivity (Wildman–Crippen MR) is 116 cm³/mol. The Hall–Kier alpha value is -3.02. The zero-order chi connectivity index (χ0) is 22.1. The van der Waals surface area contributed by atoms with Crippen LogP contribution in [0, 0.1) is 13.8 Å². The van der Waals surface area contributed by atoms with Gasteiger partial charge in [-0.05, 0) is 93.5 Å². The van der Waals surface area contributed by atoms with Gasteiger partial charge in [-0.3, -0.25) is 5.32 Å². The summed E-state index contributed by atoms with van der Waals surface area (Å²) in [5.74, 6) is 0.439. The molecule has 1 heterocycles. The first-order chi connectivity index (χ1) is 14.1. The fourth-order valence-electron chi connectivity index (χ4n) is 3.70. The van der Waals surface area contributed by atoms with Crippen LogP contribution in [0.25, 0.3) is 11.1 Å². The van der Waals surface area contributed by atoms with Crippen LogP contribution in [-0.2, 0) is 15.9 Å². The van der Waals surface area contributed by atoms with E-state index in [1.165, 1.54) is 7.11 Å². The first-order valence-electron chi connectivity index (χ1n) is 10.1. The summed E-state index contributed by atoms with van der Waals surface area (Å²) >= 11 is 0. The molecule has 0 radical (unpaired) electrons. The number of nitrogens with one attached hydrogen (secondary N) is 1. The molecule has 3 rings (SSSR count). The average Bonchev–Trinajstić information content (AvgIpc) is 2.67. The lowest BCUT2D eigenvalue weighted by Crippen LogP contribution is -2.27. The summed E-state index contributed by atoms with van der Waals surface area (Å²) in [7, 11) is 1.36. The minimum absolute atomic E-state index is 0.431. The molecule has 0 fully saturated rings. The number of esters is 1. The Morgan fingerprint density at radius 3 is 2.53 bits per heavy atom. The number of benzene rings is 2. The maximum Gasteiger partial charge on any atom is 0.412 e. The summed E-state index contributed by atoms with van der Waals surface area (Å²) in [5, 5.41) is 2.77. The van der Waals surface area contributed by atoms with Crippen molar-refractivity contribution in [2.24, 2.45) is 0 Å². The molecule has 6 heteroatoms. The number of carbonyl (C=O) groups excluding carboxylic acids is 2. The second-order valence-electron chi connectivity index (χ2n) is 8.51. The van der Waals surface area contributed by atoms with Crippen LogP contribution in [0.5, 0.6) is 5.75 Å². The molecule has 6 nitrogen and oxygen atoms in total. The van der Waals surface area contributed by atoms with Crippen LogP contribution in [0.4, 0.5) is 10.5 Å². The van der Waals surface area contributed by atoms with Gasteiger partial charge in [-0.2, -0.15) is 0 Å². The molecule has 2 aromatic rings. The summed E-state index contributed by atoms with van der Waals surface area (Å²) in [6.07, 6.45) is 1.34. The van der Waals surface area contributed by atoms with E-state index < -0.39 is 17.7 Å². The zero-order valence-electron chi connectivity index (χ0n) is 18.5. The normalized spacial score (nSPS) is 13.1. The maximum atomic E-state index is 12.7. The van der Waals surface area contributed by atoms with Crippen LogP contribution >= 0.6 is 0 Å². The molecule has 0 spiro atoms. The van der Waals surface area contributed by atoms with Crippen molar-refractivity contribution >= 4 is 17.7 Å². The van der Waals surface area contributed by atoms with Crippen LogP contribution in [0.3, 0.4) is 0 Å². The van der Waals surface area contributed by atoms with Gasteiger partial charge in [0.25, 0.3) is 0 Å². The number of anilines is 1. The van der Waals surface area contributed by atoms with Gasteiger partial charge in [0.15, 0.2) is 0 Å². The van der Waals surface area contributed by atoms with E-state index in [2.05, 4.69) is 11.4 Å². The molecule has 0 saturated carbocycles. The molecule has 30 heavy (non-hydrogen) atoms. The van der Waals surface area contributed by atoms with E-state index in [9.17, 15) is 9.59 Å². The number of carbonyl (C=O) groups is 2. The highest BCUT2D eigenvalue weighted by atomic mass is 16.6. The zero-order valence-corrected chi connectivity index (χ0v) is 18.5. The van der Waals surface area contributed by atoms with E-state index in [4.69, 9.17) is 14.2 Å². The Morgan fingerprint density at radius 1 is 1.13 bits per heavy atom. The van der Waals surface area contributed by atoms with Crippen molar-refractivity contribution in [2.75, 3.05) is 19.0 Å². The molecule has 0 atom stereocenters. The number of hydrogen-bond acceptors (Lipinski definition) is 5. The summed E-state index contributed by atoms with van der Waals surface area (Å²) in [5.41, 5.74) is 4.65. The minimum Gasteiger partial charge on any atom is -0.493 e. The fourth-order valence-corrected chi connectivity index (χ4v) is 3.70. The van der Waals surface area contributed by atoms with E-state index in [-0.39, 0.29) is 0 Å². The Morgan fingerprint density at radius 2 is 1.87 bits per heavy atom. The lowest BCUT2D eigenvalue weighted by molar-refractivity contribution is 0.0596. The van der Waals surface area contributed by atoms with Crippen molar-refractivity contribution in [1.82, 2.24) is 0 Å². The third-order valence-corrected chi connectivity index (χ3v) is 5.01. The van der Waals surface area contributed by atoms with Crippen molar-refractivity contribution in [1.29, 1.82) is 0 Å². The topological polar surface area (TPSA) is 73.9 Å². The summed E-state index contributed by atoms with van der Waals surface area (Å²) in [6, 6.07) is 7.84. The molecule has 160 valence electrons.